The predicted molar refractivity (Wildman–Crippen MR) is 96.6 cm³/mol. The van der Waals surface area contributed by atoms with Crippen LogP contribution in [0.4, 0.5) is 11.4 Å². The summed E-state index contributed by atoms with van der Waals surface area (Å²) in [4.78, 5) is 22.9. The minimum atomic E-state index is -0.514. The van der Waals surface area contributed by atoms with Crippen molar-refractivity contribution in [3.05, 3.63) is 34.1 Å². The Hall–Kier alpha value is -2.62. The van der Waals surface area contributed by atoms with Crippen molar-refractivity contribution in [2.24, 2.45) is 0 Å². The number of methoxy groups -OCH3 is 1. The molecule has 0 aliphatic heterocycles. The van der Waals surface area contributed by atoms with E-state index in [4.69, 9.17) is 4.74 Å². The van der Waals surface area contributed by atoms with Crippen LogP contribution in [0.25, 0.3) is 0 Å². The van der Waals surface area contributed by atoms with Gasteiger partial charge in [0.2, 0.25) is 5.91 Å². The number of nitrogens with one attached hydrogen (secondary N) is 1. The molecule has 1 N–H and O–H groups in total. The number of hydrogen-bond acceptors (Lipinski definition) is 7. The summed E-state index contributed by atoms with van der Waals surface area (Å²) in [6.07, 6.45) is 2.21. The Morgan fingerprint density at radius 2 is 2.19 bits per heavy atom. The Morgan fingerprint density at radius 3 is 2.81 bits per heavy atom. The monoisotopic (exact) mass is 377 g/mol. The van der Waals surface area contributed by atoms with Crippen LogP contribution in [0.3, 0.4) is 0 Å². The number of anilines is 1. The molecule has 2 aromatic rings. The van der Waals surface area contributed by atoms with E-state index in [1.807, 2.05) is 6.92 Å². The lowest BCUT2D eigenvalue weighted by Crippen LogP contribution is -2.23. The fourth-order valence-electron chi connectivity index (χ4n) is 2.53. The summed E-state index contributed by atoms with van der Waals surface area (Å²) in [5, 5.41) is 22.2. The Bertz CT molecular complexity index is 849. The van der Waals surface area contributed by atoms with Gasteiger partial charge in [-0.05, 0) is 32.8 Å². The highest BCUT2D eigenvalue weighted by Crippen LogP contribution is 2.39. The number of aromatic nitrogens is 3. The number of hydrogen-bond donors (Lipinski definition) is 1. The zero-order valence-corrected chi connectivity index (χ0v) is 15.4. The largest absolute Gasteiger partial charge is 0.494 e. The number of amides is 1. The normalized spacial score (nSPS) is 14.7. The second kappa shape index (κ2) is 7.32. The highest BCUT2D eigenvalue weighted by molar-refractivity contribution is 8.00. The molecule has 1 fully saturated rings. The van der Waals surface area contributed by atoms with Crippen molar-refractivity contribution in [2.75, 3.05) is 12.4 Å². The SMILES string of the molecule is COc1cc([N+](=O)[O-])ccc1NC(=O)[C@H](C)Sc1nnc(C)n1C1CC1. The molecule has 1 aliphatic rings. The molecule has 10 heteroatoms. The molecule has 9 nitrogen and oxygen atoms in total. The molecule has 1 saturated carbocycles. The van der Waals surface area contributed by atoms with Gasteiger partial charge in [-0.25, -0.2) is 0 Å². The van der Waals surface area contributed by atoms with Gasteiger partial charge in [-0.3, -0.25) is 14.9 Å². The summed E-state index contributed by atoms with van der Waals surface area (Å²) >= 11 is 1.34. The Balaban J connectivity index is 1.71. The molecule has 1 aromatic carbocycles. The zero-order valence-electron chi connectivity index (χ0n) is 14.6. The van der Waals surface area contributed by atoms with E-state index in [9.17, 15) is 14.9 Å². The van der Waals surface area contributed by atoms with Crippen molar-refractivity contribution >= 4 is 29.0 Å². The molecule has 0 unspecified atom stereocenters. The van der Waals surface area contributed by atoms with Gasteiger partial charge in [-0.1, -0.05) is 11.8 Å². The number of nitro benzene ring substituents is 1. The summed E-state index contributed by atoms with van der Waals surface area (Å²) < 4.78 is 7.22. The quantitative estimate of drug-likeness (QED) is 0.448. The number of aryl methyl sites for hydroxylation is 1. The third-order valence-corrected chi connectivity index (χ3v) is 5.11. The number of nitrogens with zero attached hydrogens (tertiary/aromatic N) is 4. The Labute approximate surface area is 154 Å². The molecule has 1 aliphatic carbocycles. The van der Waals surface area contributed by atoms with E-state index in [1.165, 1.54) is 37.1 Å². The molecule has 138 valence electrons. The summed E-state index contributed by atoms with van der Waals surface area (Å²) in [7, 11) is 1.40. The van der Waals surface area contributed by atoms with Gasteiger partial charge in [0, 0.05) is 12.1 Å². The van der Waals surface area contributed by atoms with Crippen LogP contribution in [-0.4, -0.2) is 38.0 Å². The van der Waals surface area contributed by atoms with Crippen LogP contribution in [0.5, 0.6) is 5.75 Å². The summed E-state index contributed by atoms with van der Waals surface area (Å²) in [5.41, 5.74) is 0.283. The number of non-ortho nitro benzene ring substituents is 1. The first-order chi connectivity index (χ1) is 12.4. The van der Waals surface area contributed by atoms with E-state index < -0.39 is 10.2 Å². The number of benzene rings is 1. The predicted octanol–water partition coefficient (Wildman–Crippen LogP) is 2.96. The van der Waals surface area contributed by atoms with Gasteiger partial charge in [-0.2, -0.15) is 0 Å². The maximum Gasteiger partial charge on any atom is 0.273 e. The summed E-state index contributed by atoms with van der Waals surface area (Å²) in [6.45, 7) is 3.68. The number of thioether (sulfide) groups is 1. The first-order valence-electron chi connectivity index (χ1n) is 8.12. The lowest BCUT2D eigenvalue weighted by Gasteiger charge is -2.14. The minimum Gasteiger partial charge on any atom is -0.494 e. The molecule has 0 radical (unpaired) electrons. The van der Waals surface area contributed by atoms with Gasteiger partial charge < -0.3 is 14.6 Å². The Morgan fingerprint density at radius 1 is 1.46 bits per heavy atom. The van der Waals surface area contributed by atoms with E-state index in [2.05, 4.69) is 20.1 Å². The average molecular weight is 377 g/mol. The van der Waals surface area contributed by atoms with Crippen LogP contribution in [0.1, 0.15) is 31.6 Å². The molecule has 26 heavy (non-hydrogen) atoms. The molecular weight excluding hydrogens is 358 g/mol. The fourth-order valence-corrected chi connectivity index (χ4v) is 3.49. The van der Waals surface area contributed by atoms with Gasteiger partial charge in [0.25, 0.3) is 5.69 Å². The topological polar surface area (TPSA) is 112 Å². The highest BCUT2D eigenvalue weighted by atomic mass is 32.2. The van der Waals surface area contributed by atoms with Crippen LogP contribution in [0.2, 0.25) is 0 Å². The van der Waals surface area contributed by atoms with Crippen molar-refractivity contribution in [3.8, 4) is 5.75 Å². The average Bonchev–Trinajstić information content (AvgIpc) is 3.38. The first-order valence-corrected chi connectivity index (χ1v) is 9.00. The van der Waals surface area contributed by atoms with Crippen molar-refractivity contribution in [1.82, 2.24) is 14.8 Å². The summed E-state index contributed by atoms with van der Waals surface area (Å²) in [5.74, 6) is 0.839. The van der Waals surface area contributed by atoms with Crippen LogP contribution in [0.15, 0.2) is 23.4 Å². The zero-order chi connectivity index (χ0) is 18.8. The number of nitro groups is 1. The van der Waals surface area contributed by atoms with Crippen LogP contribution >= 0.6 is 11.8 Å². The third-order valence-electron chi connectivity index (χ3n) is 4.05. The highest BCUT2D eigenvalue weighted by Gasteiger charge is 2.30. The Kier molecular flexibility index (Phi) is 5.12. The summed E-state index contributed by atoms with van der Waals surface area (Å²) in [6, 6.07) is 4.49. The van der Waals surface area contributed by atoms with Crippen LogP contribution in [0, 0.1) is 17.0 Å². The number of carbonyl (C=O) groups is 1. The number of carbonyl (C=O) groups excluding carboxylic acids is 1. The van der Waals surface area contributed by atoms with Crippen LogP contribution < -0.4 is 10.1 Å². The van der Waals surface area contributed by atoms with E-state index in [0.29, 0.717) is 11.7 Å². The second-order valence-electron chi connectivity index (χ2n) is 6.02. The maximum atomic E-state index is 12.5. The second-order valence-corrected chi connectivity index (χ2v) is 7.33. The van der Waals surface area contributed by atoms with Crippen molar-refractivity contribution in [1.29, 1.82) is 0 Å². The van der Waals surface area contributed by atoms with Gasteiger partial charge >= 0.3 is 0 Å². The maximum absolute atomic E-state index is 12.5. The smallest absolute Gasteiger partial charge is 0.273 e. The molecule has 1 aromatic heterocycles. The van der Waals surface area contributed by atoms with Gasteiger partial charge in [-0.15, -0.1) is 10.2 Å². The number of rotatable bonds is 7. The number of ether oxygens (including phenoxy) is 1. The first kappa shape index (κ1) is 18.2. The molecule has 0 bridgehead atoms. The molecule has 0 spiro atoms. The minimum absolute atomic E-state index is 0.102. The van der Waals surface area contributed by atoms with E-state index >= 15 is 0 Å². The van der Waals surface area contributed by atoms with Crippen molar-refractivity contribution in [3.63, 3.8) is 0 Å². The van der Waals surface area contributed by atoms with Crippen molar-refractivity contribution in [2.45, 2.75) is 43.1 Å². The molecule has 1 atom stereocenters. The molecule has 3 rings (SSSR count). The molecular formula is C16H19N5O4S. The van der Waals surface area contributed by atoms with Gasteiger partial charge in [0.05, 0.1) is 29.0 Å². The van der Waals surface area contributed by atoms with Crippen LogP contribution in [-0.2, 0) is 4.79 Å². The van der Waals surface area contributed by atoms with E-state index in [0.717, 1.165) is 23.8 Å². The molecule has 1 heterocycles. The van der Waals surface area contributed by atoms with E-state index in [-0.39, 0.29) is 17.3 Å². The third kappa shape index (κ3) is 3.79. The van der Waals surface area contributed by atoms with E-state index in [1.54, 1.807) is 6.92 Å². The standard InChI is InChI=1S/C16H19N5O4S/c1-9(26-16-19-18-10(2)20(16)11-4-5-11)15(22)17-13-7-6-12(21(23)24)8-14(13)25-3/h6-9,11H,4-5H2,1-3H3,(H,17,22)/t9-/m0/s1. The van der Waals surface area contributed by atoms with Gasteiger partial charge in [0.15, 0.2) is 5.16 Å². The van der Waals surface area contributed by atoms with Crippen molar-refractivity contribution < 1.29 is 14.5 Å². The lowest BCUT2D eigenvalue weighted by molar-refractivity contribution is -0.384. The molecule has 1 amide bonds. The lowest BCUT2D eigenvalue weighted by atomic mass is 10.2. The fraction of sp³-hybridized carbons (Fsp3) is 0.438. The molecule has 0 saturated heterocycles. The van der Waals surface area contributed by atoms with Gasteiger partial charge in [0.1, 0.15) is 11.6 Å².